The number of rotatable bonds is 4. The van der Waals surface area contributed by atoms with Crippen molar-refractivity contribution in [2.24, 2.45) is 11.8 Å². The van der Waals surface area contributed by atoms with E-state index >= 15 is 0 Å². The maximum Gasteiger partial charge on any atom is 0.416 e. The molecule has 2 aliphatic heterocycles. The second-order valence-corrected chi connectivity index (χ2v) is 11.3. The first-order valence-electron chi connectivity index (χ1n) is 11.4. The molecular weight excluding hydrogens is 467 g/mol. The van der Waals surface area contributed by atoms with Gasteiger partial charge in [0.2, 0.25) is 15.9 Å². The van der Waals surface area contributed by atoms with Crippen LogP contribution in [-0.4, -0.2) is 43.8 Å². The smallest absolute Gasteiger partial charge is 0.352 e. The van der Waals surface area contributed by atoms with Crippen molar-refractivity contribution < 1.29 is 26.4 Å². The van der Waals surface area contributed by atoms with E-state index in [9.17, 15) is 26.4 Å². The largest absolute Gasteiger partial charge is 0.416 e. The molecule has 0 bridgehead atoms. The summed E-state index contributed by atoms with van der Waals surface area (Å²) in [6.45, 7) is 1.06. The second kappa shape index (κ2) is 8.66. The number of alkyl halides is 3. The van der Waals surface area contributed by atoms with Gasteiger partial charge in [-0.15, -0.1) is 0 Å². The van der Waals surface area contributed by atoms with Gasteiger partial charge in [0.1, 0.15) is 0 Å². The van der Waals surface area contributed by atoms with Gasteiger partial charge in [-0.05, 0) is 60.4 Å². The number of benzene rings is 2. The van der Waals surface area contributed by atoms with Crippen molar-refractivity contribution >= 4 is 15.9 Å². The van der Waals surface area contributed by atoms with Crippen molar-refractivity contribution in [1.29, 1.82) is 0 Å². The highest BCUT2D eigenvalue weighted by atomic mass is 32.2. The van der Waals surface area contributed by atoms with Crippen LogP contribution >= 0.6 is 0 Å². The zero-order valence-electron chi connectivity index (χ0n) is 18.4. The van der Waals surface area contributed by atoms with E-state index < -0.39 is 21.8 Å². The van der Waals surface area contributed by atoms with E-state index in [4.69, 9.17) is 0 Å². The molecule has 1 saturated heterocycles. The standard InChI is InChI=1S/C24H26F3N3O3S/c25-24(26,27)18-6-3-7-19(11-18)34(32,33)30-13-17-8-9-21(20(17)14-30)29-23(31)22-10-15-4-1-2-5-16(15)12-28-22/h1-7,11,17,20-22,28H,8-10,12-14H2,(H,29,31)/t17-,20+,21+,22?/m1/s1. The maximum atomic E-state index is 13.1. The summed E-state index contributed by atoms with van der Waals surface area (Å²) in [6, 6.07) is 11.4. The van der Waals surface area contributed by atoms with Crippen molar-refractivity contribution in [3.63, 3.8) is 0 Å². The lowest BCUT2D eigenvalue weighted by molar-refractivity contribution is -0.137. The topological polar surface area (TPSA) is 78.5 Å². The minimum atomic E-state index is -4.61. The molecule has 1 unspecified atom stereocenters. The molecule has 6 nitrogen and oxygen atoms in total. The fourth-order valence-corrected chi connectivity index (χ4v) is 7.09. The molecular formula is C24H26F3N3O3S. The van der Waals surface area contributed by atoms with Gasteiger partial charge in [0.05, 0.1) is 16.5 Å². The van der Waals surface area contributed by atoms with Crippen molar-refractivity contribution in [1.82, 2.24) is 14.9 Å². The number of fused-ring (bicyclic) bond motifs is 2. The number of nitrogens with one attached hydrogen (secondary N) is 2. The number of hydrogen-bond donors (Lipinski definition) is 2. The molecule has 4 atom stereocenters. The summed E-state index contributed by atoms with van der Waals surface area (Å²) >= 11 is 0. The van der Waals surface area contributed by atoms with Crippen molar-refractivity contribution in [2.45, 2.75) is 49.0 Å². The Morgan fingerprint density at radius 2 is 1.79 bits per heavy atom. The minimum Gasteiger partial charge on any atom is -0.352 e. The summed E-state index contributed by atoms with van der Waals surface area (Å²) in [7, 11) is -4.06. The summed E-state index contributed by atoms with van der Waals surface area (Å²) in [5, 5.41) is 6.39. The van der Waals surface area contributed by atoms with Gasteiger partial charge < -0.3 is 10.6 Å². The van der Waals surface area contributed by atoms with Crippen LogP contribution in [0, 0.1) is 11.8 Å². The summed E-state index contributed by atoms with van der Waals surface area (Å²) < 4.78 is 66.7. The second-order valence-electron chi connectivity index (χ2n) is 9.37. The van der Waals surface area contributed by atoms with Gasteiger partial charge >= 0.3 is 6.18 Å². The van der Waals surface area contributed by atoms with Gasteiger partial charge in [-0.3, -0.25) is 4.79 Å². The third-order valence-electron chi connectivity index (χ3n) is 7.35. The molecule has 1 aliphatic carbocycles. The average Bonchev–Trinajstić information content (AvgIpc) is 3.41. The fourth-order valence-electron chi connectivity index (χ4n) is 5.50. The molecule has 2 aromatic carbocycles. The molecule has 34 heavy (non-hydrogen) atoms. The zero-order chi connectivity index (χ0) is 24.1. The lowest BCUT2D eigenvalue weighted by atomic mass is 9.94. The third-order valence-corrected chi connectivity index (χ3v) is 9.18. The Kier molecular flexibility index (Phi) is 5.94. The van der Waals surface area contributed by atoms with Crippen LogP contribution in [0.15, 0.2) is 53.4 Å². The molecule has 10 heteroatoms. The third kappa shape index (κ3) is 4.34. The Balaban J connectivity index is 1.26. The number of amides is 1. The predicted molar refractivity (Wildman–Crippen MR) is 119 cm³/mol. The van der Waals surface area contributed by atoms with Gasteiger partial charge in [-0.1, -0.05) is 30.3 Å². The van der Waals surface area contributed by atoms with Crippen LogP contribution in [0.3, 0.4) is 0 Å². The number of carbonyl (C=O) groups is 1. The van der Waals surface area contributed by atoms with E-state index in [1.54, 1.807) is 0 Å². The number of sulfonamides is 1. The Hall–Kier alpha value is -2.43. The van der Waals surface area contributed by atoms with Crippen LogP contribution in [0.25, 0.3) is 0 Å². The lowest BCUT2D eigenvalue weighted by Crippen LogP contribution is -2.51. The van der Waals surface area contributed by atoms with E-state index in [-0.39, 0.29) is 47.8 Å². The van der Waals surface area contributed by atoms with E-state index in [0.29, 0.717) is 19.0 Å². The Morgan fingerprint density at radius 1 is 1.03 bits per heavy atom. The highest BCUT2D eigenvalue weighted by molar-refractivity contribution is 7.89. The van der Waals surface area contributed by atoms with Gasteiger partial charge in [-0.2, -0.15) is 17.5 Å². The summed E-state index contributed by atoms with van der Waals surface area (Å²) in [5.74, 6) is -0.0781. The first-order valence-corrected chi connectivity index (χ1v) is 12.8. The molecule has 0 spiro atoms. The van der Waals surface area contributed by atoms with E-state index in [2.05, 4.69) is 10.6 Å². The molecule has 0 aromatic heterocycles. The molecule has 1 amide bonds. The quantitative estimate of drug-likeness (QED) is 0.687. The molecule has 182 valence electrons. The number of hydrogen-bond acceptors (Lipinski definition) is 4. The van der Waals surface area contributed by atoms with Crippen LogP contribution in [0.2, 0.25) is 0 Å². The lowest BCUT2D eigenvalue weighted by Gasteiger charge is -2.28. The fraction of sp³-hybridized carbons (Fsp3) is 0.458. The average molecular weight is 494 g/mol. The van der Waals surface area contributed by atoms with Crippen LogP contribution in [-0.2, 0) is 34.0 Å². The maximum absolute atomic E-state index is 13.1. The summed E-state index contributed by atoms with van der Waals surface area (Å²) in [5.41, 5.74) is 1.34. The van der Waals surface area contributed by atoms with Crippen LogP contribution < -0.4 is 10.6 Å². The van der Waals surface area contributed by atoms with Gasteiger partial charge in [0, 0.05) is 25.7 Å². The molecule has 1 saturated carbocycles. The predicted octanol–water partition coefficient (Wildman–Crippen LogP) is 2.94. The molecule has 2 N–H and O–H groups in total. The normalized spacial score (nSPS) is 27.3. The molecule has 3 aliphatic rings. The Labute approximate surface area is 196 Å². The minimum absolute atomic E-state index is 0.0552. The van der Waals surface area contributed by atoms with Crippen molar-refractivity contribution in [3.8, 4) is 0 Å². The van der Waals surface area contributed by atoms with E-state index in [0.717, 1.165) is 30.5 Å². The van der Waals surface area contributed by atoms with Crippen molar-refractivity contribution in [3.05, 3.63) is 65.2 Å². The molecule has 0 radical (unpaired) electrons. The zero-order valence-corrected chi connectivity index (χ0v) is 19.2. The number of carbonyl (C=O) groups excluding carboxylic acids is 1. The highest BCUT2D eigenvalue weighted by Gasteiger charge is 2.47. The van der Waals surface area contributed by atoms with Gasteiger partial charge in [0.25, 0.3) is 0 Å². The monoisotopic (exact) mass is 493 g/mol. The van der Waals surface area contributed by atoms with Crippen LogP contribution in [0.1, 0.15) is 29.5 Å². The number of nitrogens with zero attached hydrogens (tertiary/aromatic N) is 1. The SMILES string of the molecule is O=C(N[C@H]1CC[C@@H]2CN(S(=O)(=O)c3cccc(C(F)(F)F)c3)C[C@@H]21)C1Cc2ccccc2CN1. The first-order chi connectivity index (χ1) is 16.1. The van der Waals surface area contributed by atoms with Gasteiger partial charge in [-0.25, -0.2) is 8.42 Å². The van der Waals surface area contributed by atoms with Crippen LogP contribution in [0.5, 0.6) is 0 Å². The molecule has 2 heterocycles. The Bertz CT molecular complexity index is 1200. The Morgan fingerprint density at radius 3 is 2.56 bits per heavy atom. The highest BCUT2D eigenvalue weighted by Crippen LogP contribution is 2.41. The van der Waals surface area contributed by atoms with Gasteiger partial charge in [0.15, 0.2) is 0 Å². The molecule has 2 aromatic rings. The summed E-state index contributed by atoms with van der Waals surface area (Å²) in [4.78, 5) is 12.6. The first kappa shape index (κ1) is 23.3. The molecule has 5 rings (SSSR count). The number of halogens is 3. The summed E-state index contributed by atoms with van der Waals surface area (Å²) in [6.07, 6.45) is -2.48. The molecule has 2 fully saturated rings. The van der Waals surface area contributed by atoms with Crippen LogP contribution in [0.4, 0.5) is 13.2 Å². The van der Waals surface area contributed by atoms with E-state index in [1.807, 2.05) is 24.3 Å². The van der Waals surface area contributed by atoms with E-state index in [1.165, 1.54) is 15.9 Å². The van der Waals surface area contributed by atoms with Crippen molar-refractivity contribution in [2.75, 3.05) is 13.1 Å².